The van der Waals surface area contributed by atoms with E-state index in [1.807, 2.05) is 0 Å². The summed E-state index contributed by atoms with van der Waals surface area (Å²) in [7, 11) is 1.48. The number of alkyl halides is 2. The highest BCUT2D eigenvalue weighted by atomic mass is 79.9. The maximum Gasteiger partial charge on any atom is 0.347 e. The predicted octanol–water partition coefficient (Wildman–Crippen LogP) is 4.20. The Kier molecular flexibility index (Phi) is 5.17. The van der Waals surface area contributed by atoms with Crippen molar-refractivity contribution in [2.24, 2.45) is 23.7 Å². The summed E-state index contributed by atoms with van der Waals surface area (Å²) in [5.74, 6) is -0.547. The van der Waals surface area contributed by atoms with Crippen molar-refractivity contribution in [1.29, 1.82) is 0 Å². The number of rotatable bonds is 4. The highest BCUT2D eigenvalue weighted by Gasteiger charge is 2.66. The van der Waals surface area contributed by atoms with Crippen molar-refractivity contribution in [2.75, 3.05) is 12.0 Å². The average Bonchev–Trinajstić information content (AvgIpc) is 3.38. The third-order valence-electron chi connectivity index (χ3n) is 6.60. The minimum atomic E-state index is -0.576. The van der Waals surface area contributed by atoms with Crippen LogP contribution in [0.1, 0.15) is 16.8 Å². The second kappa shape index (κ2) is 7.74. The van der Waals surface area contributed by atoms with E-state index in [1.165, 1.54) is 12.0 Å². The van der Waals surface area contributed by atoms with Gasteiger partial charge in [0.05, 0.1) is 24.6 Å². The van der Waals surface area contributed by atoms with Gasteiger partial charge in [-0.1, -0.05) is 50.1 Å². The zero-order valence-electron chi connectivity index (χ0n) is 16.5. The molecule has 6 atom stereocenters. The van der Waals surface area contributed by atoms with Crippen molar-refractivity contribution in [1.82, 2.24) is 0 Å². The van der Waals surface area contributed by atoms with E-state index in [1.54, 1.807) is 48.5 Å². The number of methoxy groups -OCH3 is 1. The molecule has 2 aromatic carbocycles. The highest BCUT2D eigenvalue weighted by molar-refractivity contribution is 9.12. The van der Waals surface area contributed by atoms with Gasteiger partial charge in [-0.2, -0.15) is 0 Å². The van der Waals surface area contributed by atoms with Gasteiger partial charge in [-0.3, -0.25) is 9.59 Å². The van der Waals surface area contributed by atoms with Gasteiger partial charge in [0, 0.05) is 15.7 Å². The minimum Gasteiger partial charge on any atom is -0.496 e. The molecule has 3 aliphatic rings. The Morgan fingerprint density at radius 1 is 0.968 bits per heavy atom. The summed E-state index contributed by atoms with van der Waals surface area (Å²) in [4.78, 5) is 40.7. The molecule has 2 saturated carbocycles. The summed E-state index contributed by atoms with van der Waals surface area (Å²) >= 11 is 7.39. The number of anilines is 1. The zero-order chi connectivity index (χ0) is 21.9. The number of fused-ring (bicyclic) bond motifs is 5. The van der Waals surface area contributed by atoms with Gasteiger partial charge in [-0.15, -0.1) is 0 Å². The molecule has 8 heteroatoms. The van der Waals surface area contributed by atoms with Crippen LogP contribution in [0.4, 0.5) is 5.69 Å². The molecule has 1 heterocycles. The van der Waals surface area contributed by atoms with E-state index in [-0.39, 0.29) is 50.9 Å². The van der Waals surface area contributed by atoms with Crippen LogP contribution < -0.4 is 14.4 Å². The van der Waals surface area contributed by atoms with Gasteiger partial charge in [0.1, 0.15) is 17.1 Å². The molecule has 2 amide bonds. The molecule has 1 aliphatic heterocycles. The monoisotopic (exact) mass is 547 g/mol. The van der Waals surface area contributed by atoms with Crippen LogP contribution in [0.2, 0.25) is 0 Å². The Hall–Kier alpha value is -2.19. The molecular formula is C23H19Br2NO5. The summed E-state index contributed by atoms with van der Waals surface area (Å²) in [5.41, 5.74) is 0.716. The third kappa shape index (κ3) is 3.14. The lowest BCUT2D eigenvalue weighted by atomic mass is 9.81. The summed E-state index contributed by atoms with van der Waals surface area (Å²) in [6.45, 7) is 0. The summed E-state index contributed by atoms with van der Waals surface area (Å²) in [6, 6.07) is 13.3. The van der Waals surface area contributed by atoms with E-state index in [2.05, 4.69) is 31.9 Å². The predicted molar refractivity (Wildman–Crippen MR) is 121 cm³/mol. The molecule has 6 nitrogen and oxygen atoms in total. The lowest BCUT2D eigenvalue weighted by molar-refractivity contribution is -0.123. The molecule has 0 unspecified atom stereocenters. The van der Waals surface area contributed by atoms with Crippen molar-refractivity contribution in [3.05, 3.63) is 54.1 Å². The minimum absolute atomic E-state index is 0.146. The van der Waals surface area contributed by atoms with Gasteiger partial charge in [-0.05, 0) is 42.5 Å². The Morgan fingerprint density at radius 3 is 2.26 bits per heavy atom. The number of carbonyl (C=O) groups excluding carboxylic acids is 3. The maximum atomic E-state index is 13.2. The molecule has 3 fully saturated rings. The number of ether oxygens (including phenoxy) is 2. The SMILES string of the molecule is COc1ccccc1C(=O)Oc1cccc(N2C(=O)[C@@H]3[C@H]4C[C@@H]([C@H](Br)[C@H]4Br)[C@H]3C2=O)c1. The van der Waals surface area contributed by atoms with Gasteiger partial charge in [-0.25, -0.2) is 9.69 Å². The molecule has 160 valence electrons. The van der Waals surface area contributed by atoms with E-state index in [0.717, 1.165) is 6.42 Å². The van der Waals surface area contributed by atoms with Gasteiger partial charge >= 0.3 is 5.97 Å². The van der Waals surface area contributed by atoms with Crippen LogP contribution in [-0.2, 0) is 9.59 Å². The van der Waals surface area contributed by atoms with Crippen molar-refractivity contribution in [3.8, 4) is 11.5 Å². The first-order valence-corrected chi connectivity index (χ1v) is 11.9. The number of para-hydroxylation sites is 1. The molecule has 1 saturated heterocycles. The van der Waals surface area contributed by atoms with Gasteiger partial charge in [0.15, 0.2) is 0 Å². The Bertz CT molecular complexity index is 1060. The fourth-order valence-electron chi connectivity index (χ4n) is 5.26. The van der Waals surface area contributed by atoms with Gasteiger partial charge in [0.2, 0.25) is 11.8 Å². The number of hydrogen-bond donors (Lipinski definition) is 0. The summed E-state index contributed by atoms with van der Waals surface area (Å²) in [6.07, 6.45) is 0.878. The number of benzene rings is 2. The second-order valence-electron chi connectivity index (χ2n) is 8.10. The molecule has 0 radical (unpaired) electrons. The molecule has 2 aliphatic carbocycles. The molecule has 0 aromatic heterocycles. The number of esters is 1. The zero-order valence-corrected chi connectivity index (χ0v) is 19.7. The van der Waals surface area contributed by atoms with Crippen molar-refractivity contribution >= 4 is 55.3 Å². The molecule has 31 heavy (non-hydrogen) atoms. The van der Waals surface area contributed by atoms with Crippen LogP contribution in [0.5, 0.6) is 11.5 Å². The first kappa shape index (κ1) is 20.7. The van der Waals surface area contributed by atoms with E-state index >= 15 is 0 Å². The van der Waals surface area contributed by atoms with Crippen molar-refractivity contribution < 1.29 is 23.9 Å². The standard InChI is InChI=1S/C23H19Br2NO5/c1-30-16-8-3-2-7-13(16)23(29)31-12-6-4-5-11(9-12)26-21(27)17-14-10-15(18(17)22(26)28)20(25)19(14)24/h2-9,14-15,17-20H,10H2,1H3/t14-,15-,17-,18-,19+,20+/m1/s1. The van der Waals surface area contributed by atoms with Crippen molar-refractivity contribution in [2.45, 2.75) is 16.1 Å². The largest absolute Gasteiger partial charge is 0.496 e. The second-order valence-corrected chi connectivity index (χ2v) is 10.2. The first-order valence-electron chi connectivity index (χ1n) is 10.0. The van der Waals surface area contributed by atoms with Crippen LogP contribution in [0.15, 0.2) is 48.5 Å². The lowest BCUT2D eigenvalue weighted by Gasteiger charge is -2.28. The van der Waals surface area contributed by atoms with Crippen LogP contribution in [0.25, 0.3) is 0 Å². The van der Waals surface area contributed by atoms with Gasteiger partial charge in [0.25, 0.3) is 0 Å². The van der Waals surface area contributed by atoms with E-state index in [0.29, 0.717) is 17.0 Å². The highest BCUT2D eigenvalue weighted by Crippen LogP contribution is 2.60. The molecule has 2 bridgehead atoms. The fourth-order valence-corrected chi connectivity index (χ4v) is 7.14. The number of hydrogen-bond acceptors (Lipinski definition) is 5. The average molecular weight is 549 g/mol. The molecule has 2 aromatic rings. The quantitative estimate of drug-likeness (QED) is 0.248. The number of amides is 2. The van der Waals surface area contributed by atoms with Crippen LogP contribution in [0.3, 0.4) is 0 Å². The Labute approximate surface area is 196 Å². The number of carbonyl (C=O) groups is 3. The van der Waals surface area contributed by atoms with E-state index in [9.17, 15) is 14.4 Å². The summed E-state index contributed by atoms with van der Waals surface area (Å²) in [5, 5.41) is 0. The molecular weight excluding hydrogens is 530 g/mol. The van der Waals surface area contributed by atoms with Crippen molar-refractivity contribution in [3.63, 3.8) is 0 Å². The molecule has 0 N–H and O–H groups in total. The normalized spacial score (nSPS) is 31.1. The Morgan fingerprint density at radius 2 is 1.61 bits per heavy atom. The first-order chi connectivity index (χ1) is 14.9. The van der Waals surface area contributed by atoms with Crippen LogP contribution in [-0.4, -0.2) is 34.5 Å². The number of halogens is 2. The van der Waals surface area contributed by atoms with Gasteiger partial charge < -0.3 is 9.47 Å². The lowest BCUT2D eigenvalue weighted by Crippen LogP contribution is -2.37. The van der Waals surface area contributed by atoms with E-state index < -0.39 is 5.97 Å². The summed E-state index contributed by atoms with van der Waals surface area (Å²) < 4.78 is 10.7. The van der Waals surface area contributed by atoms with E-state index in [4.69, 9.17) is 9.47 Å². The number of nitrogens with zero attached hydrogens (tertiary/aromatic N) is 1. The van der Waals surface area contributed by atoms with Crippen LogP contribution in [0, 0.1) is 23.7 Å². The number of imide groups is 1. The molecule has 0 spiro atoms. The Balaban J connectivity index is 1.40. The molecule has 5 rings (SSSR count). The third-order valence-corrected chi connectivity index (χ3v) is 9.81. The topological polar surface area (TPSA) is 72.9 Å². The van der Waals surface area contributed by atoms with Crippen LogP contribution >= 0.6 is 31.9 Å². The maximum absolute atomic E-state index is 13.2. The smallest absolute Gasteiger partial charge is 0.347 e. The fraction of sp³-hybridized carbons (Fsp3) is 0.348.